The van der Waals surface area contributed by atoms with Crippen molar-refractivity contribution in [2.45, 2.75) is 40.5 Å². The van der Waals surface area contributed by atoms with Gasteiger partial charge in [0.2, 0.25) is 0 Å². The van der Waals surface area contributed by atoms with Crippen LogP contribution in [0.15, 0.2) is 36.1 Å². The van der Waals surface area contributed by atoms with Crippen molar-refractivity contribution in [3.63, 3.8) is 0 Å². The van der Waals surface area contributed by atoms with Crippen molar-refractivity contribution in [3.05, 3.63) is 36.1 Å². The smallest absolute Gasteiger partial charge is 0.0295 e. The minimum absolute atomic E-state index is 1.10. The highest BCUT2D eigenvalue weighted by Gasteiger charge is 2.02. The average Bonchev–Trinajstić information content (AvgIpc) is 2.17. The van der Waals surface area contributed by atoms with Gasteiger partial charge in [0, 0.05) is 18.8 Å². The van der Waals surface area contributed by atoms with Crippen LogP contribution >= 0.6 is 0 Å². The number of nitrogens with zero attached hydrogens (tertiary/aromatic N) is 1. The molecule has 0 N–H and O–H groups in total. The summed E-state index contributed by atoms with van der Waals surface area (Å²) in [5.74, 6) is 0. The van der Waals surface area contributed by atoms with Gasteiger partial charge in [0.25, 0.3) is 0 Å². The molecule has 1 heteroatoms. The molecule has 0 saturated heterocycles. The molecular weight excluding hydrogens is 182 g/mol. The maximum atomic E-state index is 4.13. The summed E-state index contributed by atoms with van der Waals surface area (Å²) in [7, 11) is 0. The van der Waals surface area contributed by atoms with E-state index in [4.69, 9.17) is 0 Å². The van der Waals surface area contributed by atoms with Crippen LogP contribution in [0.2, 0.25) is 0 Å². The Morgan fingerprint density at radius 1 is 1.20 bits per heavy atom. The molecule has 0 fully saturated rings. The minimum Gasteiger partial charge on any atom is -0.372 e. The first-order valence-electron chi connectivity index (χ1n) is 5.90. The molecule has 0 heterocycles. The van der Waals surface area contributed by atoms with Crippen molar-refractivity contribution in [3.8, 4) is 0 Å². The fourth-order valence-electron chi connectivity index (χ4n) is 1.60. The van der Waals surface area contributed by atoms with Crippen molar-refractivity contribution in [1.29, 1.82) is 0 Å². The molecule has 86 valence electrons. The number of rotatable bonds is 7. The Kier molecular flexibility index (Phi) is 7.79. The van der Waals surface area contributed by atoms with Gasteiger partial charge in [-0.2, -0.15) is 0 Å². The van der Waals surface area contributed by atoms with Crippen molar-refractivity contribution >= 4 is 0 Å². The van der Waals surface area contributed by atoms with Gasteiger partial charge in [0.15, 0.2) is 0 Å². The summed E-state index contributed by atoms with van der Waals surface area (Å²) in [6, 6.07) is 0. The van der Waals surface area contributed by atoms with Crippen LogP contribution in [0.1, 0.15) is 40.5 Å². The summed E-state index contributed by atoms with van der Waals surface area (Å²) >= 11 is 0. The maximum Gasteiger partial charge on any atom is 0.0295 e. The number of hydrogen-bond acceptors (Lipinski definition) is 1. The number of hydrogen-bond donors (Lipinski definition) is 0. The van der Waals surface area contributed by atoms with Crippen molar-refractivity contribution in [2.24, 2.45) is 0 Å². The van der Waals surface area contributed by atoms with Crippen LogP contribution in [-0.2, 0) is 0 Å². The lowest BCUT2D eigenvalue weighted by atomic mass is 10.2. The van der Waals surface area contributed by atoms with Gasteiger partial charge in [-0.05, 0) is 38.3 Å². The molecule has 0 spiro atoms. The first-order valence-corrected chi connectivity index (χ1v) is 5.90. The zero-order chi connectivity index (χ0) is 11.7. The zero-order valence-electron chi connectivity index (χ0n) is 10.7. The van der Waals surface area contributed by atoms with Gasteiger partial charge in [0.1, 0.15) is 0 Å². The topological polar surface area (TPSA) is 3.24 Å². The van der Waals surface area contributed by atoms with Crippen LogP contribution in [0.5, 0.6) is 0 Å². The van der Waals surface area contributed by atoms with Gasteiger partial charge in [0.05, 0.1) is 0 Å². The van der Waals surface area contributed by atoms with E-state index in [0.717, 1.165) is 18.8 Å². The molecule has 0 atom stereocenters. The van der Waals surface area contributed by atoms with E-state index in [0.29, 0.717) is 0 Å². The monoisotopic (exact) mass is 207 g/mol. The second kappa shape index (κ2) is 8.34. The van der Waals surface area contributed by atoms with Gasteiger partial charge < -0.3 is 4.90 Å². The molecule has 0 bridgehead atoms. The van der Waals surface area contributed by atoms with Crippen LogP contribution in [0.4, 0.5) is 0 Å². The van der Waals surface area contributed by atoms with E-state index >= 15 is 0 Å². The molecule has 0 radical (unpaired) electrons. The highest BCUT2D eigenvalue weighted by atomic mass is 15.1. The first kappa shape index (κ1) is 14.0. The van der Waals surface area contributed by atoms with Crippen LogP contribution in [-0.4, -0.2) is 18.0 Å². The molecule has 0 amide bonds. The summed E-state index contributed by atoms with van der Waals surface area (Å²) in [4.78, 5) is 2.35. The fraction of sp³-hybridized carbons (Fsp3) is 0.571. The van der Waals surface area contributed by atoms with E-state index in [-0.39, 0.29) is 0 Å². The fourth-order valence-corrected chi connectivity index (χ4v) is 1.60. The van der Waals surface area contributed by atoms with Gasteiger partial charge in [-0.3, -0.25) is 0 Å². The van der Waals surface area contributed by atoms with Crippen LogP contribution in [0, 0.1) is 0 Å². The number of allylic oxidation sites excluding steroid dienone is 4. The van der Waals surface area contributed by atoms with Crippen molar-refractivity contribution in [1.82, 2.24) is 4.90 Å². The Morgan fingerprint density at radius 2 is 1.73 bits per heavy atom. The maximum absolute atomic E-state index is 4.13. The lowest BCUT2D eigenvalue weighted by Crippen LogP contribution is -2.23. The summed E-state index contributed by atoms with van der Waals surface area (Å²) in [5.41, 5.74) is 2.40. The van der Waals surface area contributed by atoms with E-state index in [9.17, 15) is 0 Å². The van der Waals surface area contributed by atoms with Crippen LogP contribution in [0.25, 0.3) is 0 Å². The van der Waals surface area contributed by atoms with E-state index in [1.807, 2.05) is 6.92 Å². The molecule has 1 nitrogen and oxygen atoms in total. The zero-order valence-corrected chi connectivity index (χ0v) is 10.7. The third-order valence-electron chi connectivity index (χ3n) is 2.22. The third-order valence-corrected chi connectivity index (χ3v) is 2.22. The summed E-state index contributed by atoms with van der Waals surface area (Å²) < 4.78 is 0. The van der Waals surface area contributed by atoms with E-state index < -0.39 is 0 Å². The molecule has 0 unspecified atom stereocenters. The summed E-state index contributed by atoms with van der Waals surface area (Å²) in [5, 5.41) is 0. The van der Waals surface area contributed by atoms with Gasteiger partial charge >= 0.3 is 0 Å². The predicted molar refractivity (Wildman–Crippen MR) is 69.9 cm³/mol. The van der Waals surface area contributed by atoms with Gasteiger partial charge in [-0.25, -0.2) is 0 Å². The Labute approximate surface area is 95.2 Å². The second-order valence-electron chi connectivity index (χ2n) is 3.87. The molecule has 0 rings (SSSR count). The van der Waals surface area contributed by atoms with Crippen LogP contribution in [0.3, 0.4) is 0 Å². The largest absolute Gasteiger partial charge is 0.372 e. The molecule has 15 heavy (non-hydrogen) atoms. The molecular formula is C14H25N. The van der Waals surface area contributed by atoms with E-state index in [1.165, 1.54) is 18.4 Å². The lowest BCUT2D eigenvalue weighted by Gasteiger charge is -2.24. The van der Waals surface area contributed by atoms with Gasteiger partial charge in [-0.15, -0.1) is 0 Å². The highest BCUT2D eigenvalue weighted by Crippen LogP contribution is 2.09. The SMILES string of the molecule is C=C(/C=C(C)\C=C/C)N(CCC)CCC. The standard InChI is InChI=1S/C14H25N/c1-6-9-13(4)12-14(5)15(10-7-2)11-8-3/h6,9,12H,5,7-8,10-11H2,1-4H3/b9-6-,13-12-. The molecule has 0 aromatic heterocycles. The second-order valence-corrected chi connectivity index (χ2v) is 3.87. The van der Waals surface area contributed by atoms with Crippen LogP contribution < -0.4 is 0 Å². The highest BCUT2D eigenvalue weighted by molar-refractivity contribution is 5.26. The molecule has 0 aromatic rings. The Morgan fingerprint density at radius 3 is 2.13 bits per heavy atom. The van der Waals surface area contributed by atoms with E-state index in [1.54, 1.807) is 0 Å². The Balaban J connectivity index is 4.42. The minimum atomic E-state index is 1.10. The Hall–Kier alpha value is -0.980. The molecule has 0 aliphatic rings. The quantitative estimate of drug-likeness (QED) is 0.567. The third kappa shape index (κ3) is 6.16. The van der Waals surface area contributed by atoms with Crippen molar-refractivity contribution < 1.29 is 0 Å². The Bertz CT molecular complexity index is 230. The molecule has 0 saturated carbocycles. The molecule has 0 aromatic carbocycles. The summed E-state index contributed by atoms with van der Waals surface area (Å²) in [6.45, 7) is 14.9. The predicted octanol–water partition coefficient (Wildman–Crippen LogP) is 4.14. The lowest BCUT2D eigenvalue weighted by molar-refractivity contribution is 0.356. The molecule has 0 aliphatic heterocycles. The van der Waals surface area contributed by atoms with Crippen molar-refractivity contribution in [2.75, 3.05) is 13.1 Å². The first-order chi connectivity index (χ1) is 7.15. The van der Waals surface area contributed by atoms with Gasteiger partial charge in [-0.1, -0.05) is 32.6 Å². The molecule has 0 aliphatic carbocycles. The average molecular weight is 207 g/mol. The normalized spacial score (nSPS) is 12.1. The summed E-state index contributed by atoms with van der Waals surface area (Å²) in [6.07, 6.45) is 8.68. The van der Waals surface area contributed by atoms with E-state index in [2.05, 4.69) is 50.5 Å².